The molecule has 5 rings (SSSR count). The van der Waals surface area contributed by atoms with Gasteiger partial charge in [0.1, 0.15) is 11.9 Å². The fourth-order valence-corrected chi connectivity index (χ4v) is 4.95. The number of rotatable bonds is 4. The van der Waals surface area contributed by atoms with E-state index in [1.807, 2.05) is 42.5 Å². The van der Waals surface area contributed by atoms with E-state index in [4.69, 9.17) is 4.74 Å². The van der Waals surface area contributed by atoms with Crippen LogP contribution < -0.4 is 4.74 Å². The number of aromatic nitrogens is 1. The summed E-state index contributed by atoms with van der Waals surface area (Å²) in [5.74, 6) is 0.812. The van der Waals surface area contributed by atoms with E-state index >= 15 is 0 Å². The molecule has 0 saturated heterocycles. The quantitative estimate of drug-likeness (QED) is 0.549. The van der Waals surface area contributed by atoms with Gasteiger partial charge in [-0.2, -0.15) is 0 Å². The van der Waals surface area contributed by atoms with Crippen LogP contribution in [0.4, 0.5) is 0 Å². The van der Waals surface area contributed by atoms with Crippen molar-refractivity contribution in [3.63, 3.8) is 0 Å². The van der Waals surface area contributed by atoms with E-state index < -0.39 is 6.10 Å². The summed E-state index contributed by atoms with van der Waals surface area (Å²) in [6.45, 7) is 3.52. The molecule has 27 heavy (non-hydrogen) atoms. The van der Waals surface area contributed by atoms with Crippen molar-refractivity contribution in [2.75, 3.05) is 6.54 Å². The third kappa shape index (κ3) is 2.92. The molecular weight excluding hydrogens is 356 g/mol. The van der Waals surface area contributed by atoms with Gasteiger partial charge in [0, 0.05) is 34.3 Å². The van der Waals surface area contributed by atoms with Gasteiger partial charge < -0.3 is 14.8 Å². The Kier molecular flexibility index (Phi) is 4.16. The standard InChI is InChI=1S/C22H22N2O2S/c1-14(25)22(24-11-9-20-15(13-24)10-12-27-20)26-19-8-4-7-18-21(19)16-5-2-3-6-17(16)23-18/h2-8,10,12,14,22-23,25H,9,11,13H2,1H3. The number of hydrogen-bond donors (Lipinski definition) is 2. The van der Waals surface area contributed by atoms with E-state index in [0.29, 0.717) is 0 Å². The average Bonchev–Trinajstić information content (AvgIpc) is 3.29. The predicted molar refractivity (Wildman–Crippen MR) is 110 cm³/mol. The van der Waals surface area contributed by atoms with Crippen LogP contribution in [0.2, 0.25) is 0 Å². The molecule has 0 spiro atoms. The lowest BCUT2D eigenvalue weighted by atomic mass is 10.1. The molecule has 0 aliphatic carbocycles. The Labute approximate surface area is 162 Å². The maximum atomic E-state index is 10.5. The topological polar surface area (TPSA) is 48.5 Å². The molecular formula is C22H22N2O2S. The molecule has 5 heteroatoms. The number of H-pyrrole nitrogens is 1. The third-order valence-corrected chi connectivity index (χ3v) is 6.37. The average molecular weight is 378 g/mol. The summed E-state index contributed by atoms with van der Waals surface area (Å²) >= 11 is 1.82. The summed E-state index contributed by atoms with van der Waals surface area (Å²) in [4.78, 5) is 7.15. The highest BCUT2D eigenvalue weighted by atomic mass is 32.1. The summed E-state index contributed by atoms with van der Waals surface area (Å²) < 4.78 is 6.45. The number of para-hydroxylation sites is 1. The molecule has 2 N–H and O–H groups in total. The van der Waals surface area contributed by atoms with Gasteiger partial charge in [-0.15, -0.1) is 11.3 Å². The van der Waals surface area contributed by atoms with Crippen molar-refractivity contribution < 1.29 is 9.84 Å². The van der Waals surface area contributed by atoms with E-state index in [9.17, 15) is 5.11 Å². The number of hydrogen-bond acceptors (Lipinski definition) is 4. The van der Waals surface area contributed by atoms with Crippen LogP contribution in [0, 0.1) is 0 Å². The van der Waals surface area contributed by atoms with Gasteiger partial charge in [0.25, 0.3) is 0 Å². The zero-order valence-electron chi connectivity index (χ0n) is 15.2. The van der Waals surface area contributed by atoms with Crippen molar-refractivity contribution in [1.82, 2.24) is 9.88 Å². The van der Waals surface area contributed by atoms with Gasteiger partial charge in [0.15, 0.2) is 6.23 Å². The Morgan fingerprint density at radius 1 is 1.11 bits per heavy atom. The first-order chi connectivity index (χ1) is 13.2. The number of fused-ring (bicyclic) bond motifs is 4. The Bertz CT molecular complexity index is 1100. The molecule has 4 nitrogen and oxygen atoms in total. The van der Waals surface area contributed by atoms with Gasteiger partial charge in [0.2, 0.25) is 0 Å². The number of nitrogens with zero attached hydrogens (tertiary/aromatic N) is 1. The summed E-state index contributed by atoms with van der Waals surface area (Å²) in [5.41, 5.74) is 3.50. The molecule has 4 aromatic rings. The zero-order valence-corrected chi connectivity index (χ0v) is 16.0. The van der Waals surface area contributed by atoms with Crippen molar-refractivity contribution in [1.29, 1.82) is 0 Å². The maximum Gasteiger partial charge on any atom is 0.178 e. The first-order valence-corrected chi connectivity index (χ1v) is 10.2. The predicted octanol–water partition coefficient (Wildman–Crippen LogP) is 4.53. The van der Waals surface area contributed by atoms with Crippen LogP contribution >= 0.6 is 11.3 Å². The number of benzene rings is 2. The van der Waals surface area contributed by atoms with Gasteiger partial charge in [-0.05, 0) is 48.6 Å². The number of ether oxygens (including phenoxy) is 1. The summed E-state index contributed by atoms with van der Waals surface area (Å²) in [7, 11) is 0. The SMILES string of the molecule is CC(O)C(Oc1cccc2[nH]c3ccccc3c12)N1CCc2sccc2C1. The number of aliphatic hydroxyl groups is 1. The van der Waals surface area contributed by atoms with Gasteiger partial charge in [-0.3, -0.25) is 4.90 Å². The monoisotopic (exact) mass is 378 g/mol. The second-order valence-electron chi connectivity index (χ2n) is 7.19. The highest BCUT2D eigenvalue weighted by molar-refractivity contribution is 7.10. The van der Waals surface area contributed by atoms with E-state index in [2.05, 4.69) is 39.5 Å². The minimum atomic E-state index is -0.592. The molecule has 0 amide bonds. The molecule has 0 radical (unpaired) electrons. The van der Waals surface area contributed by atoms with E-state index in [-0.39, 0.29) is 6.23 Å². The van der Waals surface area contributed by atoms with E-state index in [1.165, 1.54) is 10.4 Å². The largest absolute Gasteiger partial charge is 0.472 e. The van der Waals surface area contributed by atoms with Gasteiger partial charge in [-0.1, -0.05) is 24.3 Å². The van der Waals surface area contributed by atoms with E-state index in [1.54, 1.807) is 0 Å². The summed E-state index contributed by atoms with van der Waals surface area (Å²) in [6.07, 6.45) is 0.0413. The smallest absolute Gasteiger partial charge is 0.178 e. The third-order valence-electron chi connectivity index (χ3n) is 5.35. The maximum absolute atomic E-state index is 10.5. The highest BCUT2D eigenvalue weighted by Gasteiger charge is 2.29. The van der Waals surface area contributed by atoms with Gasteiger partial charge >= 0.3 is 0 Å². The van der Waals surface area contributed by atoms with Crippen LogP contribution in [-0.4, -0.2) is 33.9 Å². The number of aliphatic hydroxyl groups excluding tert-OH is 1. The number of aromatic amines is 1. The van der Waals surface area contributed by atoms with Gasteiger partial charge in [-0.25, -0.2) is 0 Å². The molecule has 3 heterocycles. The molecule has 2 atom stereocenters. The second-order valence-corrected chi connectivity index (χ2v) is 8.19. The first-order valence-electron chi connectivity index (χ1n) is 9.34. The molecule has 0 bridgehead atoms. The van der Waals surface area contributed by atoms with E-state index in [0.717, 1.165) is 47.1 Å². The number of thiophene rings is 1. The Hall–Kier alpha value is -2.34. The molecule has 138 valence electrons. The van der Waals surface area contributed by atoms with Crippen LogP contribution in [-0.2, 0) is 13.0 Å². The highest BCUT2D eigenvalue weighted by Crippen LogP contribution is 2.35. The molecule has 1 aliphatic rings. The van der Waals surface area contributed by atoms with Crippen molar-refractivity contribution in [3.8, 4) is 5.75 Å². The second kappa shape index (κ2) is 6.68. The minimum Gasteiger partial charge on any atom is -0.472 e. The Morgan fingerprint density at radius 3 is 2.85 bits per heavy atom. The van der Waals surface area contributed by atoms with Crippen LogP contribution in [0.3, 0.4) is 0 Å². The van der Waals surface area contributed by atoms with Crippen LogP contribution in [0.1, 0.15) is 17.4 Å². The lowest BCUT2D eigenvalue weighted by Crippen LogP contribution is -2.48. The van der Waals surface area contributed by atoms with Crippen LogP contribution in [0.15, 0.2) is 53.9 Å². The fourth-order valence-electron chi connectivity index (χ4n) is 4.06. The summed E-state index contributed by atoms with van der Waals surface area (Å²) in [6, 6.07) is 16.5. The lowest BCUT2D eigenvalue weighted by Gasteiger charge is -2.36. The number of nitrogens with one attached hydrogen (secondary N) is 1. The molecule has 0 fully saturated rings. The van der Waals surface area contributed by atoms with Crippen molar-refractivity contribution in [2.24, 2.45) is 0 Å². The minimum absolute atomic E-state index is 0.377. The Balaban J connectivity index is 1.52. The van der Waals surface area contributed by atoms with Crippen molar-refractivity contribution in [3.05, 3.63) is 64.4 Å². The molecule has 0 saturated carbocycles. The van der Waals surface area contributed by atoms with Crippen LogP contribution in [0.25, 0.3) is 21.8 Å². The van der Waals surface area contributed by atoms with Gasteiger partial charge in [0.05, 0.1) is 5.52 Å². The van der Waals surface area contributed by atoms with Crippen LogP contribution in [0.5, 0.6) is 5.75 Å². The zero-order chi connectivity index (χ0) is 18.4. The molecule has 2 aromatic heterocycles. The van der Waals surface area contributed by atoms with Crippen molar-refractivity contribution in [2.45, 2.75) is 32.2 Å². The fraction of sp³-hybridized carbons (Fsp3) is 0.273. The molecule has 2 unspecified atom stereocenters. The Morgan fingerprint density at radius 2 is 1.96 bits per heavy atom. The molecule has 1 aliphatic heterocycles. The molecule has 2 aromatic carbocycles. The first kappa shape index (κ1) is 16.8. The summed E-state index contributed by atoms with van der Waals surface area (Å²) in [5, 5.41) is 14.9. The normalized spacial score (nSPS) is 17.1. The lowest BCUT2D eigenvalue weighted by molar-refractivity contribution is -0.0636. The van der Waals surface area contributed by atoms with Crippen molar-refractivity contribution >= 4 is 33.1 Å².